The van der Waals surface area contributed by atoms with Crippen molar-refractivity contribution in [3.63, 3.8) is 0 Å². The highest BCUT2D eigenvalue weighted by Gasteiger charge is 2.47. The van der Waals surface area contributed by atoms with Crippen molar-refractivity contribution in [2.24, 2.45) is 11.8 Å². The summed E-state index contributed by atoms with van der Waals surface area (Å²) in [6.07, 6.45) is 2.81. The highest BCUT2D eigenvalue weighted by atomic mass is 35.5. The summed E-state index contributed by atoms with van der Waals surface area (Å²) in [5.74, 6) is -1.23. The van der Waals surface area contributed by atoms with E-state index in [0.29, 0.717) is 25.0 Å². The zero-order valence-electron chi connectivity index (χ0n) is 22.7. The maximum absolute atomic E-state index is 13.8. The SMILES string of the molecule is CC(C)CN(C[C@@H](O)[C@@](C)(NC(=O)C1CCC2(CCCO2)C1)c1ccccc1)S(=O)(=O)c1ccc(F)c(Cl)c1. The fourth-order valence-corrected chi connectivity index (χ4v) is 7.64. The molecule has 1 heterocycles. The molecule has 2 fully saturated rings. The lowest BCUT2D eigenvalue weighted by atomic mass is 9.85. The van der Waals surface area contributed by atoms with Crippen LogP contribution in [-0.4, -0.2) is 55.1 Å². The van der Waals surface area contributed by atoms with Crippen LogP contribution in [0, 0.1) is 17.7 Å². The zero-order valence-corrected chi connectivity index (χ0v) is 24.3. The van der Waals surface area contributed by atoms with Crippen LogP contribution >= 0.6 is 11.6 Å². The topological polar surface area (TPSA) is 95.9 Å². The van der Waals surface area contributed by atoms with Gasteiger partial charge in [0.1, 0.15) is 5.82 Å². The van der Waals surface area contributed by atoms with Gasteiger partial charge in [0.2, 0.25) is 15.9 Å². The van der Waals surface area contributed by atoms with E-state index in [9.17, 15) is 22.7 Å². The van der Waals surface area contributed by atoms with Gasteiger partial charge in [0.25, 0.3) is 0 Å². The molecule has 1 spiro atoms. The van der Waals surface area contributed by atoms with Crippen LogP contribution in [0.3, 0.4) is 0 Å². The van der Waals surface area contributed by atoms with Crippen molar-refractivity contribution in [1.82, 2.24) is 9.62 Å². The van der Waals surface area contributed by atoms with E-state index in [0.717, 1.165) is 37.5 Å². The number of aliphatic hydroxyl groups excluding tert-OH is 1. The Morgan fingerprint density at radius 2 is 1.95 bits per heavy atom. The van der Waals surface area contributed by atoms with Crippen molar-refractivity contribution < 1.29 is 27.4 Å². The van der Waals surface area contributed by atoms with E-state index >= 15 is 0 Å². The quantitative estimate of drug-likeness (QED) is 0.418. The highest BCUT2D eigenvalue weighted by molar-refractivity contribution is 7.89. The smallest absolute Gasteiger partial charge is 0.243 e. The molecule has 2 aromatic rings. The molecule has 2 aromatic carbocycles. The number of amides is 1. The van der Waals surface area contributed by atoms with Gasteiger partial charge in [-0.25, -0.2) is 12.8 Å². The van der Waals surface area contributed by atoms with Crippen molar-refractivity contribution >= 4 is 27.5 Å². The van der Waals surface area contributed by atoms with Crippen molar-refractivity contribution in [2.75, 3.05) is 19.7 Å². The van der Waals surface area contributed by atoms with Gasteiger partial charge in [0, 0.05) is 25.6 Å². The Hall–Kier alpha value is -2.04. The molecular formula is C29H38ClFN2O5S. The second-order valence-electron chi connectivity index (χ2n) is 11.4. The second-order valence-corrected chi connectivity index (χ2v) is 13.8. The maximum Gasteiger partial charge on any atom is 0.243 e. The second kappa shape index (κ2) is 11.8. The molecule has 39 heavy (non-hydrogen) atoms. The van der Waals surface area contributed by atoms with E-state index in [1.807, 2.05) is 32.0 Å². The average molecular weight is 581 g/mol. The lowest BCUT2D eigenvalue weighted by Gasteiger charge is -2.39. The minimum atomic E-state index is -4.14. The Morgan fingerprint density at radius 1 is 1.23 bits per heavy atom. The monoisotopic (exact) mass is 580 g/mol. The normalized spacial score (nSPS) is 23.8. The molecule has 2 unspecified atom stereocenters. The van der Waals surface area contributed by atoms with E-state index in [2.05, 4.69) is 5.32 Å². The van der Waals surface area contributed by atoms with Gasteiger partial charge in [-0.2, -0.15) is 4.31 Å². The Balaban J connectivity index is 1.62. The summed E-state index contributed by atoms with van der Waals surface area (Å²) in [4.78, 5) is 13.4. The van der Waals surface area contributed by atoms with Crippen LogP contribution in [0.25, 0.3) is 0 Å². The number of sulfonamides is 1. The minimum Gasteiger partial charge on any atom is -0.389 e. The number of nitrogens with one attached hydrogen (secondary N) is 1. The van der Waals surface area contributed by atoms with Gasteiger partial charge in [-0.15, -0.1) is 0 Å². The lowest BCUT2D eigenvalue weighted by molar-refractivity contribution is -0.129. The van der Waals surface area contributed by atoms with E-state index < -0.39 is 27.5 Å². The number of hydrogen-bond acceptors (Lipinski definition) is 5. The molecule has 0 radical (unpaired) electrons. The van der Waals surface area contributed by atoms with E-state index in [1.165, 1.54) is 4.31 Å². The Morgan fingerprint density at radius 3 is 2.56 bits per heavy atom. The molecular weight excluding hydrogens is 543 g/mol. The summed E-state index contributed by atoms with van der Waals surface area (Å²) in [6, 6.07) is 12.3. The number of ether oxygens (including phenoxy) is 1. The molecule has 4 atom stereocenters. The summed E-state index contributed by atoms with van der Waals surface area (Å²) in [5.41, 5.74) is -0.861. The van der Waals surface area contributed by atoms with Crippen LogP contribution in [0.5, 0.6) is 0 Å². The van der Waals surface area contributed by atoms with Crippen LogP contribution in [0.1, 0.15) is 58.4 Å². The van der Waals surface area contributed by atoms with Gasteiger partial charge in [-0.05, 0) is 68.7 Å². The predicted molar refractivity (Wildman–Crippen MR) is 148 cm³/mol. The summed E-state index contributed by atoms with van der Waals surface area (Å²) < 4.78 is 48.2. The summed E-state index contributed by atoms with van der Waals surface area (Å²) in [7, 11) is -4.14. The molecule has 1 aliphatic carbocycles. The molecule has 1 amide bonds. The number of carbonyl (C=O) groups is 1. The number of hydrogen-bond donors (Lipinski definition) is 2. The van der Waals surface area contributed by atoms with Crippen LogP contribution in [-0.2, 0) is 25.1 Å². The molecule has 0 aromatic heterocycles. The third-order valence-electron chi connectivity index (χ3n) is 8.02. The molecule has 4 rings (SSSR count). The molecule has 0 bridgehead atoms. The van der Waals surface area contributed by atoms with E-state index in [1.54, 1.807) is 19.1 Å². The molecule has 2 aliphatic rings. The number of aliphatic hydroxyl groups is 1. The summed E-state index contributed by atoms with van der Waals surface area (Å²) in [6.45, 7) is 5.98. The van der Waals surface area contributed by atoms with Crippen LogP contribution in [0.15, 0.2) is 53.4 Å². The maximum atomic E-state index is 13.8. The first-order valence-corrected chi connectivity index (χ1v) is 15.3. The average Bonchev–Trinajstić information content (AvgIpc) is 3.54. The van der Waals surface area contributed by atoms with Crippen molar-refractivity contribution in [3.05, 3.63) is 64.9 Å². The first-order chi connectivity index (χ1) is 18.4. The van der Waals surface area contributed by atoms with Gasteiger partial charge in [0.15, 0.2) is 0 Å². The molecule has 1 aliphatic heterocycles. The number of halogens is 2. The fraction of sp³-hybridized carbons (Fsp3) is 0.552. The summed E-state index contributed by atoms with van der Waals surface area (Å²) >= 11 is 5.89. The molecule has 1 saturated heterocycles. The van der Waals surface area contributed by atoms with Crippen LogP contribution in [0.2, 0.25) is 5.02 Å². The largest absolute Gasteiger partial charge is 0.389 e. The fourth-order valence-electron chi connectivity index (χ4n) is 5.76. The molecule has 1 saturated carbocycles. The van der Waals surface area contributed by atoms with Gasteiger partial charge < -0.3 is 15.2 Å². The lowest BCUT2D eigenvalue weighted by Crippen LogP contribution is -2.57. The molecule has 214 valence electrons. The Kier molecular flexibility index (Phi) is 9.08. The standard InChI is InChI=1S/C29H38ClFN2O5S/c1-20(2)18-33(39(36,37)23-10-11-25(31)24(30)16-23)19-26(34)28(3,22-8-5-4-6-9-22)32-27(35)21-12-14-29(17-21)13-7-15-38-29/h4-6,8-11,16,20-21,26,34H,7,12-15,17-19H2,1-3H3,(H,32,35)/t21?,26-,28+,29?/m1/s1. The Labute approximate surface area is 235 Å². The third-order valence-corrected chi connectivity index (χ3v) is 10.1. The molecule has 7 nitrogen and oxygen atoms in total. The number of carbonyl (C=O) groups excluding carboxylic acids is 1. The van der Waals surface area contributed by atoms with Gasteiger partial charge in [-0.3, -0.25) is 4.79 Å². The van der Waals surface area contributed by atoms with Crippen molar-refractivity contribution in [3.8, 4) is 0 Å². The number of nitrogens with zero attached hydrogens (tertiary/aromatic N) is 1. The third kappa shape index (κ3) is 6.49. The van der Waals surface area contributed by atoms with Gasteiger partial charge in [-0.1, -0.05) is 55.8 Å². The van der Waals surface area contributed by atoms with Crippen molar-refractivity contribution in [1.29, 1.82) is 0 Å². The first-order valence-electron chi connectivity index (χ1n) is 13.5. The van der Waals surface area contributed by atoms with Crippen LogP contribution < -0.4 is 5.32 Å². The summed E-state index contributed by atoms with van der Waals surface area (Å²) in [5, 5.41) is 14.5. The Bertz CT molecular complexity index is 1270. The number of benzene rings is 2. The first kappa shape index (κ1) is 29.9. The highest BCUT2D eigenvalue weighted by Crippen LogP contribution is 2.44. The molecule has 2 N–H and O–H groups in total. The van der Waals surface area contributed by atoms with E-state index in [4.69, 9.17) is 16.3 Å². The van der Waals surface area contributed by atoms with Gasteiger partial charge in [0.05, 0.1) is 27.2 Å². The van der Waals surface area contributed by atoms with E-state index in [-0.39, 0.29) is 46.4 Å². The van der Waals surface area contributed by atoms with Crippen LogP contribution in [0.4, 0.5) is 4.39 Å². The number of rotatable bonds is 10. The molecule has 10 heteroatoms. The minimum absolute atomic E-state index is 0.0680. The predicted octanol–water partition coefficient (Wildman–Crippen LogP) is 4.87. The zero-order chi connectivity index (χ0) is 28.4. The van der Waals surface area contributed by atoms with Gasteiger partial charge >= 0.3 is 0 Å². The van der Waals surface area contributed by atoms with Crippen molar-refractivity contribution in [2.45, 2.75) is 75.0 Å².